The first-order chi connectivity index (χ1) is 16.5. The zero-order valence-electron chi connectivity index (χ0n) is 19.4. The van der Waals surface area contributed by atoms with Crippen LogP contribution >= 0.6 is 0 Å². The number of carbonyl (C=O) groups excluding carboxylic acids is 1. The summed E-state index contributed by atoms with van der Waals surface area (Å²) in [5.41, 5.74) is 2.74. The first kappa shape index (κ1) is 22.8. The molecule has 9 heteroatoms. The average Bonchev–Trinajstić information content (AvgIpc) is 3.30. The van der Waals surface area contributed by atoms with Crippen LogP contribution in [0.4, 0.5) is 5.69 Å². The number of nitrogens with zero attached hydrogens (tertiary/aromatic N) is 1. The second kappa shape index (κ2) is 9.62. The number of amides is 1. The Labute approximate surface area is 196 Å². The van der Waals surface area contributed by atoms with Crippen molar-refractivity contribution in [1.29, 1.82) is 0 Å². The van der Waals surface area contributed by atoms with Gasteiger partial charge in [-0.1, -0.05) is 0 Å². The molecule has 0 saturated carbocycles. The number of rotatable bonds is 8. The molecule has 1 aromatic heterocycles. The van der Waals surface area contributed by atoms with Crippen LogP contribution in [0.2, 0.25) is 0 Å². The molecule has 4 rings (SSSR count). The normalized spacial score (nSPS) is 10.6. The fourth-order valence-electron chi connectivity index (χ4n) is 3.48. The molecule has 0 atom stereocenters. The van der Waals surface area contributed by atoms with Gasteiger partial charge < -0.3 is 33.4 Å². The molecule has 0 spiro atoms. The number of oxazole rings is 1. The van der Waals surface area contributed by atoms with Crippen LogP contribution < -0.4 is 29.0 Å². The van der Waals surface area contributed by atoms with E-state index in [0.717, 1.165) is 0 Å². The molecule has 176 valence electrons. The summed E-state index contributed by atoms with van der Waals surface area (Å²) in [4.78, 5) is 17.4. The van der Waals surface area contributed by atoms with Crippen LogP contribution in [-0.4, -0.2) is 46.4 Å². The van der Waals surface area contributed by atoms with Crippen molar-refractivity contribution in [3.8, 4) is 40.2 Å². The lowest BCUT2D eigenvalue weighted by Gasteiger charge is -2.12. The van der Waals surface area contributed by atoms with E-state index in [9.17, 15) is 4.79 Å². The number of anilines is 1. The minimum Gasteiger partial charge on any atom is -0.497 e. The third-order valence-corrected chi connectivity index (χ3v) is 5.17. The maximum Gasteiger partial charge on any atom is 0.255 e. The smallest absolute Gasteiger partial charge is 0.255 e. The minimum absolute atomic E-state index is 0.315. The highest BCUT2D eigenvalue weighted by Crippen LogP contribution is 2.41. The average molecular weight is 464 g/mol. The van der Waals surface area contributed by atoms with E-state index in [2.05, 4.69) is 10.3 Å². The molecule has 1 heterocycles. The second-order valence-electron chi connectivity index (χ2n) is 7.17. The number of ether oxygens (including phenoxy) is 5. The van der Waals surface area contributed by atoms with Gasteiger partial charge in [-0.05, 0) is 42.5 Å². The highest BCUT2D eigenvalue weighted by atomic mass is 16.5. The monoisotopic (exact) mass is 464 g/mol. The first-order valence-corrected chi connectivity index (χ1v) is 10.2. The first-order valence-electron chi connectivity index (χ1n) is 10.2. The molecule has 3 aromatic carbocycles. The number of hydrogen-bond acceptors (Lipinski definition) is 8. The van der Waals surface area contributed by atoms with Crippen molar-refractivity contribution in [3.05, 3.63) is 54.1 Å². The van der Waals surface area contributed by atoms with Gasteiger partial charge in [-0.2, -0.15) is 0 Å². The number of hydrogen-bond donors (Lipinski definition) is 1. The SMILES string of the molecule is COc1cc(OC)cc(C(=O)Nc2ccc3oc(-c4cc(OC)c(OC)c(OC)c4)nc3c2)c1. The van der Waals surface area contributed by atoms with Crippen LogP contribution in [0.25, 0.3) is 22.6 Å². The van der Waals surface area contributed by atoms with Gasteiger partial charge in [-0.15, -0.1) is 0 Å². The minimum atomic E-state index is -0.315. The molecule has 4 aromatic rings. The summed E-state index contributed by atoms with van der Waals surface area (Å²) < 4.78 is 32.6. The van der Waals surface area contributed by atoms with Crippen molar-refractivity contribution >= 4 is 22.7 Å². The quantitative estimate of drug-likeness (QED) is 0.397. The number of benzene rings is 3. The number of methoxy groups -OCH3 is 5. The van der Waals surface area contributed by atoms with Gasteiger partial charge in [0.05, 0.1) is 35.5 Å². The molecule has 0 bridgehead atoms. The molecular weight excluding hydrogens is 440 g/mol. The van der Waals surface area contributed by atoms with E-state index in [1.165, 1.54) is 21.3 Å². The summed E-state index contributed by atoms with van der Waals surface area (Å²) in [5.74, 6) is 2.55. The fraction of sp³-hybridized carbons (Fsp3) is 0.200. The van der Waals surface area contributed by atoms with Crippen molar-refractivity contribution in [2.75, 3.05) is 40.9 Å². The van der Waals surface area contributed by atoms with E-state index in [4.69, 9.17) is 28.1 Å². The lowest BCUT2D eigenvalue weighted by Crippen LogP contribution is -2.12. The van der Waals surface area contributed by atoms with E-state index in [1.54, 1.807) is 62.8 Å². The lowest BCUT2D eigenvalue weighted by atomic mass is 10.1. The molecule has 0 unspecified atom stereocenters. The van der Waals surface area contributed by atoms with Gasteiger partial charge in [-0.25, -0.2) is 4.98 Å². The van der Waals surface area contributed by atoms with Gasteiger partial charge in [0, 0.05) is 22.9 Å². The molecule has 0 radical (unpaired) electrons. The Hall–Kier alpha value is -4.40. The predicted molar refractivity (Wildman–Crippen MR) is 127 cm³/mol. The zero-order valence-corrected chi connectivity index (χ0v) is 19.4. The standard InChI is InChI=1S/C25H24N2O7/c1-29-17-8-14(9-18(13-17)30-2)24(28)26-16-6-7-20-19(12-16)27-25(34-20)15-10-21(31-3)23(33-5)22(11-15)32-4/h6-13H,1-5H3,(H,26,28). The molecule has 1 amide bonds. The summed E-state index contributed by atoms with van der Waals surface area (Å²) in [6.07, 6.45) is 0. The molecule has 0 aliphatic carbocycles. The molecular formula is C25H24N2O7. The molecule has 0 fully saturated rings. The molecule has 0 aliphatic rings. The van der Waals surface area contributed by atoms with Gasteiger partial charge in [0.15, 0.2) is 17.1 Å². The largest absolute Gasteiger partial charge is 0.497 e. The maximum absolute atomic E-state index is 12.8. The van der Waals surface area contributed by atoms with Crippen LogP contribution in [0.3, 0.4) is 0 Å². The van der Waals surface area contributed by atoms with Crippen molar-refractivity contribution in [2.24, 2.45) is 0 Å². The van der Waals surface area contributed by atoms with Crippen LogP contribution in [0.1, 0.15) is 10.4 Å². The highest BCUT2D eigenvalue weighted by Gasteiger charge is 2.18. The van der Waals surface area contributed by atoms with Gasteiger partial charge in [-0.3, -0.25) is 4.79 Å². The van der Waals surface area contributed by atoms with E-state index in [0.29, 0.717) is 62.6 Å². The van der Waals surface area contributed by atoms with Crippen LogP contribution in [0, 0.1) is 0 Å². The van der Waals surface area contributed by atoms with E-state index in [1.807, 2.05) is 0 Å². The van der Waals surface area contributed by atoms with Crippen molar-refractivity contribution in [3.63, 3.8) is 0 Å². The van der Waals surface area contributed by atoms with Gasteiger partial charge >= 0.3 is 0 Å². The number of fused-ring (bicyclic) bond motifs is 1. The highest BCUT2D eigenvalue weighted by molar-refractivity contribution is 6.05. The summed E-state index contributed by atoms with van der Waals surface area (Å²) in [7, 11) is 7.68. The third-order valence-electron chi connectivity index (χ3n) is 5.17. The Morgan fingerprint density at radius 2 is 1.44 bits per heavy atom. The Morgan fingerprint density at radius 1 is 0.794 bits per heavy atom. The summed E-state index contributed by atoms with van der Waals surface area (Å²) >= 11 is 0. The Balaban J connectivity index is 1.64. The summed E-state index contributed by atoms with van der Waals surface area (Å²) in [6.45, 7) is 0. The molecule has 0 aliphatic heterocycles. The number of carbonyl (C=O) groups is 1. The van der Waals surface area contributed by atoms with Gasteiger partial charge in [0.2, 0.25) is 11.6 Å². The van der Waals surface area contributed by atoms with E-state index in [-0.39, 0.29) is 5.91 Å². The molecule has 9 nitrogen and oxygen atoms in total. The maximum atomic E-state index is 12.8. The third kappa shape index (κ3) is 4.40. The predicted octanol–water partition coefficient (Wildman–Crippen LogP) is 4.79. The van der Waals surface area contributed by atoms with Crippen LogP contribution in [0.5, 0.6) is 28.7 Å². The Kier molecular flexibility index (Phi) is 6.44. The van der Waals surface area contributed by atoms with Crippen LogP contribution in [0.15, 0.2) is 52.9 Å². The van der Waals surface area contributed by atoms with Crippen molar-refractivity contribution in [1.82, 2.24) is 4.98 Å². The Morgan fingerprint density at radius 3 is 2.00 bits per heavy atom. The van der Waals surface area contributed by atoms with E-state index >= 15 is 0 Å². The van der Waals surface area contributed by atoms with Crippen molar-refractivity contribution < 1.29 is 32.9 Å². The van der Waals surface area contributed by atoms with Crippen molar-refractivity contribution in [2.45, 2.75) is 0 Å². The Bertz CT molecular complexity index is 1300. The molecule has 34 heavy (non-hydrogen) atoms. The number of aromatic nitrogens is 1. The van der Waals surface area contributed by atoms with E-state index < -0.39 is 0 Å². The summed E-state index contributed by atoms with van der Waals surface area (Å²) in [6, 6.07) is 13.7. The molecule has 1 N–H and O–H groups in total. The molecule has 0 saturated heterocycles. The fourth-order valence-corrected chi connectivity index (χ4v) is 3.48. The topological polar surface area (TPSA) is 101 Å². The lowest BCUT2D eigenvalue weighted by molar-refractivity contribution is 0.102. The second-order valence-corrected chi connectivity index (χ2v) is 7.17. The zero-order chi connectivity index (χ0) is 24.2. The number of nitrogens with one attached hydrogen (secondary N) is 1. The summed E-state index contributed by atoms with van der Waals surface area (Å²) in [5, 5.41) is 2.87. The van der Waals surface area contributed by atoms with Gasteiger partial charge in [0.1, 0.15) is 17.0 Å². The van der Waals surface area contributed by atoms with Crippen LogP contribution in [-0.2, 0) is 0 Å². The van der Waals surface area contributed by atoms with Gasteiger partial charge in [0.25, 0.3) is 5.91 Å².